The number of imidazole rings is 1. The Hall–Kier alpha value is -2.09. The number of fused-ring (bicyclic) bond motifs is 2. The van der Waals surface area contributed by atoms with Crippen LogP contribution >= 0.6 is 0 Å². The summed E-state index contributed by atoms with van der Waals surface area (Å²) in [5, 5.41) is 0. The SMILES string of the molecule is CC1CCc2cc(-n3cnc4ccccc43)ccc2C1C. The topological polar surface area (TPSA) is 17.8 Å². The van der Waals surface area contributed by atoms with Crippen LogP contribution in [0.25, 0.3) is 16.7 Å². The molecule has 0 bridgehead atoms. The van der Waals surface area contributed by atoms with Gasteiger partial charge in [0.15, 0.2) is 0 Å². The second-order valence-corrected chi connectivity index (χ2v) is 6.29. The molecule has 0 N–H and O–H groups in total. The van der Waals surface area contributed by atoms with Crippen molar-refractivity contribution in [1.82, 2.24) is 9.55 Å². The van der Waals surface area contributed by atoms with Gasteiger partial charge in [0.2, 0.25) is 0 Å². The second-order valence-electron chi connectivity index (χ2n) is 6.29. The molecule has 2 heteroatoms. The number of benzene rings is 2. The van der Waals surface area contributed by atoms with Gasteiger partial charge >= 0.3 is 0 Å². The van der Waals surface area contributed by atoms with Crippen molar-refractivity contribution in [3.63, 3.8) is 0 Å². The molecule has 1 aliphatic rings. The first kappa shape index (κ1) is 12.6. The summed E-state index contributed by atoms with van der Waals surface area (Å²) in [6, 6.07) is 15.2. The third kappa shape index (κ3) is 1.98. The maximum atomic E-state index is 4.50. The van der Waals surface area contributed by atoms with Crippen molar-refractivity contribution >= 4 is 11.0 Å². The van der Waals surface area contributed by atoms with E-state index in [4.69, 9.17) is 0 Å². The molecular formula is C19H20N2. The third-order valence-corrected chi connectivity index (χ3v) is 5.07. The molecule has 106 valence electrons. The smallest absolute Gasteiger partial charge is 0.100 e. The van der Waals surface area contributed by atoms with E-state index in [1.54, 1.807) is 0 Å². The number of hydrogen-bond acceptors (Lipinski definition) is 1. The van der Waals surface area contributed by atoms with Crippen LogP contribution in [-0.2, 0) is 6.42 Å². The van der Waals surface area contributed by atoms with Gasteiger partial charge < -0.3 is 0 Å². The molecule has 2 atom stereocenters. The Labute approximate surface area is 125 Å². The molecule has 1 aliphatic carbocycles. The minimum atomic E-state index is 0.669. The molecule has 0 saturated carbocycles. The maximum Gasteiger partial charge on any atom is 0.100 e. The summed E-state index contributed by atoms with van der Waals surface area (Å²) in [6.45, 7) is 4.72. The molecule has 2 aromatic carbocycles. The van der Waals surface area contributed by atoms with Crippen LogP contribution in [0.4, 0.5) is 0 Å². The van der Waals surface area contributed by atoms with E-state index in [2.05, 4.69) is 59.8 Å². The quantitative estimate of drug-likeness (QED) is 0.629. The summed E-state index contributed by atoms with van der Waals surface area (Å²) >= 11 is 0. The van der Waals surface area contributed by atoms with Gasteiger partial charge in [-0.05, 0) is 60.1 Å². The summed E-state index contributed by atoms with van der Waals surface area (Å²) < 4.78 is 2.19. The van der Waals surface area contributed by atoms with Crippen LogP contribution in [0.1, 0.15) is 37.3 Å². The van der Waals surface area contributed by atoms with Crippen molar-refractivity contribution in [2.75, 3.05) is 0 Å². The molecule has 0 aliphatic heterocycles. The molecular weight excluding hydrogens is 256 g/mol. The Morgan fingerprint density at radius 2 is 1.95 bits per heavy atom. The molecule has 2 nitrogen and oxygen atoms in total. The summed E-state index contributed by atoms with van der Waals surface area (Å²) in [7, 11) is 0. The Bertz CT molecular complexity index is 800. The largest absolute Gasteiger partial charge is 0.299 e. The normalized spacial score (nSPS) is 21.4. The number of hydrogen-bond donors (Lipinski definition) is 0. The first-order valence-corrected chi connectivity index (χ1v) is 7.79. The van der Waals surface area contributed by atoms with E-state index in [9.17, 15) is 0 Å². The van der Waals surface area contributed by atoms with E-state index in [0.29, 0.717) is 5.92 Å². The molecule has 1 aromatic heterocycles. The molecule has 1 heterocycles. The van der Waals surface area contributed by atoms with Crippen LogP contribution in [0.15, 0.2) is 48.8 Å². The highest BCUT2D eigenvalue weighted by Crippen LogP contribution is 2.36. The fourth-order valence-electron chi connectivity index (χ4n) is 3.51. The predicted molar refractivity (Wildman–Crippen MR) is 87.0 cm³/mol. The van der Waals surface area contributed by atoms with Crippen LogP contribution in [0.3, 0.4) is 0 Å². The van der Waals surface area contributed by atoms with Crippen LogP contribution < -0.4 is 0 Å². The Balaban J connectivity index is 1.84. The third-order valence-electron chi connectivity index (χ3n) is 5.07. The number of nitrogens with zero attached hydrogens (tertiary/aromatic N) is 2. The highest BCUT2D eigenvalue weighted by molar-refractivity contribution is 5.77. The predicted octanol–water partition coefficient (Wildman–Crippen LogP) is 4.71. The Kier molecular flexibility index (Phi) is 2.85. The van der Waals surface area contributed by atoms with Crippen molar-refractivity contribution in [2.45, 2.75) is 32.6 Å². The van der Waals surface area contributed by atoms with E-state index in [0.717, 1.165) is 11.4 Å². The van der Waals surface area contributed by atoms with Crippen molar-refractivity contribution in [2.24, 2.45) is 5.92 Å². The van der Waals surface area contributed by atoms with Crippen molar-refractivity contribution in [3.8, 4) is 5.69 Å². The summed E-state index contributed by atoms with van der Waals surface area (Å²) in [5.74, 6) is 1.46. The van der Waals surface area contributed by atoms with Gasteiger partial charge in [0.25, 0.3) is 0 Å². The van der Waals surface area contributed by atoms with Gasteiger partial charge in [-0.2, -0.15) is 0 Å². The van der Waals surface area contributed by atoms with Crippen LogP contribution in [0.2, 0.25) is 0 Å². The lowest BCUT2D eigenvalue weighted by Crippen LogP contribution is -2.16. The van der Waals surface area contributed by atoms with Gasteiger partial charge in [0.05, 0.1) is 11.0 Å². The van der Waals surface area contributed by atoms with E-state index in [1.807, 2.05) is 12.4 Å². The number of rotatable bonds is 1. The van der Waals surface area contributed by atoms with Crippen molar-refractivity contribution in [1.29, 1.82) is 0 Å². The minimum Gasteiger partial charge on any atom is -0.299 e. The maximum absolute atomic E-state index is 4.50. The standard InChI is InChI=1S/C19H20N2/c1-13-7-8-15-11-16(9-10-17(15)14(13)2)21-12-20-18-5-3-4-6-19(18)21/h3-6,9-14H,7-8H2,1-2H3. The van der Waals surface area contributed by atoms with Gasteiger partial charge in [-0.15, -0.1) is 0 Å². The van der Waals surface area contributed by atoms with Crippen LogP contribution in [-0.4, -0.2) is 9.55 Å². The molecule has 0 amide bonds. The number of aromatic nitrogens is 2. The second kappa shape index (κ2) is 4.73. The fourth-order valence-corrected chi connectivity index (χ4v) is 3.51. The van der Waals surface area contributed by atoms with E-state index in [-0.39, 0.29) is 0 Å². The Morgan fingerprint density at radius 1 is 1.10 bits per heavy atom. The lowest BCUT2D eigenvalue weighted by molar-refractivity contribution is 0.426. The molecule has 21 heavy (non-hydrogen) atoms. The van der Waals surface area contributed by atoms with Gasteiger partial charge in [0.1, 0.15) is 6.33 Å². The Morgan fingerprint density at radius 3 is 2.86 bits per heavy atom. The zero-order chi connectivity index (χ0) is 14.4. The average Bonchev–Trinajstić information content (AvgIpc) is 2.95. The molecule has 0 saturated heterocycles. The highest BCUT2D eigenvalue weighted by atomic mass is 15.0. The van der Waals surface area contributed by atoms with E-state index >= 15 is 0 Å². The van der Waals surface area contributed by atoms with Crippen molar-refractivity contribution in [3.05, 3.63) is 59.9 Å². The zero-order valence-electron chi connectivity index (χ0n) is 12.6. The number of para-hydroxylation sites is 2. The van der Waals surface area contributed by atoms with Gasteiger partial charge in [-0.3, -0.25) is 4.57 Å². The lowest BCUT2D eigenvalue weighted by atomic mass is 9.77. The van der Waals surface area contributed by atoms with Gasteiger partial charge in [-0.1, -0.05) is 32.0 Å². The molecule has 4 rings (SSSR count). The van der Waals surface area contributed by atoms with E-state index < -0.39 is 0 Å². The van der Waals surface area contributed by atoms with Gasteiger partial charge in [-0.25, -0.2) is 4.98 Å². The summed E-state index contributed by atoms with van der Waals surface area (Å²) in [5.41, 5.74) is 6.49. The van der Waals surface area contributed by atoms with Crippen molar-refractivity contribution < 1.29 is 0 Å². The molecule has 0 spiro atoms. The minimum absolute atomic E-state index is 0.669. The number of aryl methyl sites for hydroxylation is 1. The molecule has 3 aromatic rings. The first-order chi connectivity index (χ1) is 10.2. The lowest BCUT2D eigenvalue weighted by Gasteiger charge is -2.29. The van der Waals surface area contributed by atoms with E-state index in [1.165, 1.54) is 35.2 Å². The molecule has 0 radical (unpaired) electrons. The zero-order valence-corrected chi connectivity index (χ0v) is 12.6. The monoisotopic (exact) mass is 276 g/mol. The molecule has 2 unspecified atom stereocenters. The van der Waals surface area contributed by atoms with Gasteiger partial charge in [0, 0.05) is 5.69 Å². The summed E-state index contributed by atoms with van der Waals surface area (Å²) in [4.78, 5) is 4.50. The summed E-state index contributed by atoms with van der Waals surface area (Å²) in [6.07, 6.45) is 4.42. The average molecular weight is 276 g/mol. The highest BCUT2D eigenvalue weighted by Gasteiger charge is 2.23. The fraction of sp³-hybridized carbons (Fsp3) is 0.316. The van der Waals surface area contributed by atoms with Crippen LogP contribution in [0, 0.1) is 5.92 Å². The first-order valence-electron chi connectivity index (χ1n) is 7.79. The van der Waals surface area contributed by atoms with Crippen LogP contribution in [0.5, 0.6) is 0 Å². The molecule has 0 fully saturated rings.